The van der Waals surface area contributed by atoms with Crippen LogP contribution in [-0.4, -0.2) is 4.98 Å². The van der Waals surface area contributed by atoms with Crippen LogP contribution in [0, 0.1) is 12.7 Å². The maximum absolute atomic E-state index is 12.0. The minimum Gasteiger partial charge on any atom is -0.404 e. The second-order valence-electron chi connectivity index (χ2n) is 2.85. The van der Waals surface area contributed by atoms with E-state index < -0.39 is 17.1 Å². The van der Waals surface area contributed by atoms with Gasteiger partial charge in [0, 0.05) is 22.4 Å². The fraction of sp³-hybridized carbons (Fsp3) is 0. The zero-order valence-electron chi connectivity index (χ0n) is 8.61. The fourth-order valence-corrected chi connectivity index (χ4v) is 0.841. The molecule has 0 aliphatic carbocycles. The van der Waals surface area contributed by atoms with Gasteiger partial charge in [-0.25, -0.2) is 4.39 Å². The average molecular weight is 328 g/mol. The van der Waals surface area contributed by atoms with Crippen LogP contribution in [0.5, 0.6) is 0 Å². The van der Waals surface area contributed by atoms with E-state index in [-0.39, 0.29) is 22.4 Å². The molecule has 4 nitrogen and oxygen atoms in total. The molecule has 0 bridgehead atoms. The van der Waals surface area contributed by atoms with Crippen LogP contribution in [0.15, 0.2) is 46.1 Å². The van der Waals surface area contributed by atoms with Gasteiger partial charge in [-0.15, -0.1) is 12.1 Å². The number of aromatic nitrogens is 2. The molecule has 0 saturated heterocycles. The van der Waals surface area contributed by atoms with E-state index in [0.717, 1.165) is 5.56 Å². The minimum atomic E-state index is -1.05. The number of H-pyrrole nitrogens is 1. The first-order valence-corrected chi connectivity index (χ1v) is 4.38. The van der Waals surface area contributed by atoms with Crippen molar-refractivity contribution in [3.63, 3.8) is 0 Å². The zero-order valence-corrected chi connectivity index (χ0v) is 10.1. The van der Waals surface area contributed by atoms with Crippen LogP contribution < -0.4 is 16.2 Å². The molecule has 1 heterocycles. The Bertz CT molecular complexity index is 551. The first kappa shape index (κ1) is 15.4. The van der Waals surface area contributed by atoms with E-state index in [9.17, 15) is 14.0 Å². The van der Waals surface area contributed by atoms with Crippen LogP contribution in [0.2, 0.25) is 0 Å². The molecule has 95 valence electrons. The predicted molar refractivity (Wildman–Crippen MR) is 57.5 cm³/mol. The summed E-state index contributed by atoms with van der Waals surface area (Å²) in [7, 11) is 0. The number of halogens is 1. The van der Waals surface area contributed by atoms with Crippen molar-refractivity contribution < 1.29 is 26.8 Å². The van der Waals surface area contributed by atoms with Gasteiger partial charge in [-0.3, -0.25) is 9.59 Å². The standard InChI is InChI=1S/C7H7.C4H3FN2O2.Ag/c1-7-5-3-2-4-6-7;5-2-1-6-4(9)7-3(2)8;/h2-6H,1H2;1H,(H2,6,7,8,9);/q-1;;/p-1. The maximum atomic E-state index is 12.0. The molecule has 0 fully saturated rings. The summed E-state index contributed by atoms with van der Waals surface area (Å²) in [6.45, 7) is 3.72. The van der Waals surface area contributed by atoms with E-state index in [1.165, 1.54) is 0 Å². The number of nitrogens with zero attached hydrogens (tertiary/aromatic N) is 1. The third kappa shape index (κ3) is 5.91. The molecule has 6 heteroatoms. The molecule has 2 aromatic rings. The van der Waals surface area contributed by atoms with Gasteiger partial charge in [-0.1, -0.05) is 6.07 Å². The van der Waals surface area contributed by atoms with E-state index >= 15 is 0 Å². The van der Waals surface area contributed by atoms with Gasteiger partial charge < -0.3 is 9.97 Å². The zero-order chi connectivity index (χ0) is 12.0. The molecule has 0 aliphatic heterocycles. The van der Waals surface area contributed by atoms with Crippen LogP contribution in [0.4, 0.5) is 4.39 Å². The number of aromatic amines is 1. The molecular formula is C11H9AgFN2O2-2. The van der Waals surface area contributed by atoms with Crippen molar-refractivity contribution in [3.8, 4) is 0 Å². The Hall–Kier alpha value is -1.56. The van der Waals surface area contributed by atoms with E-state index in [1.807, 2.05) is 30.3 Å². The van der Waals surface area contributed by atoms with Crippen molar-refractivity contribution in [2.24, 2.45) is 0 Å². The van der Waals surface area contributed by atoms with Crippen LogP contribution >= 0.6 is 0 Å². The Morgan fingerprint density at radius 1 is 1.18 bits per heavy atom. The molecule has 0 atom stereocenters. The largest absolute Gasteiger partial charge is 0.404 e. The number of hydrogen-bond donors (Lipinski definition) is 1. The Morgan fingerprint density at radius 2 is 1.76 bits per heavy atom. The SMILES string of the molecule is O=c1[n-]cc(F)c(=O)[nH]1.[Ag].[CH2-]c1ccccc1. The Kier molecular flexibility index (Phi) is 6.97. The van der Waals surface area contributed by atoms with Crippen LogP contribution in [0.1, 0.15) is 5.56 Å². The summed E-state index contributed by atoms with van der Waals surface area (Å²) >= 11 is 0. The number of nitrogens with one attached hydrogen (secondary N) is 1. The van der Waals surface area contributed by atoms with Gasteiger partial charge in [0.15, 0.2) is 11.5 Å². The second kappa shape index (κ2) is 7.67. The third-order valence-corrected chi connectivity index (χ3v) is 1.58. The molecule has 1 aromatic carbocycles. The quantitative estimate of drug-likeness (QED) is 0.572. The molecule has 1 aromatic heterocycles. The molecule has 0 unspecified atom stereocenters. The van der Waals surface area contributed by atoms with Gasteiger partial charge in [0.05, 0.1) is 0 Å². The topological polar surface area (TPSA) is 64.0 Å². The minimum absolute atomic E-state index is 0. The van der Waals surface area contributed by atoms with Crippen molar-refractivity contribution in [2.45, 2.75) is 0 Å². The van der Waals surface area contributed by atoms with Crippen molar-refractivity contribution in [2.75, 3.05) is 0 Å². The Morgan fingerprint density at radius 3 is 2.12 bits per heavy atom. The Labute approximate surface area is 112 Å². The van der Waals surface area contributed by atoms with Gasteiger partial charge >= 0.3 is 0 Å². The molecule has 2 rings (SSSR count). The summed E-state index contributed by atoms with van der Waals surface area (Å²) in [6, 6.07) is 9.87. The van der Waals surface area contributed by atoms with E-state index in [2.05, 4.69) is 11.9 Å². The maximum Gasteiger partial charge on any atom is 0.206 e. The summed E-state index contributed by atoms with van der Waals surface area (Å²) in [5.74, 6) is -1.05. The molecule has 0 amide bonds. The van der Waals surface area contributed by atoms with Crippen molar-refractivity contribution in [3.05, 3.63) is 75.7 Å². The van der Waals surface area contributed by atoms with E-state index in [1.54, 1.807) is 4.98 Å². The second-order valence-corrected chi connectivity index (χ2v) is 2.85. The van der Waals surface area contributed by atoms with Crippen molar-refractivity contribution >= 4 is 0 Å². The third-order valence-electron chi connectivity index (χ3n) is 1.58. The molecule has 0 saturated carbocycles. The van der Waals surface area contributed by atoms with E-state index in [0.29, 0.717) is 6.20 Å². The van der Waals surface area contributed by atoms with Crippen molar-refractivity contribution in [1.82, 2.24) is 9.97 Å². The van der Waals surface area contributed by atoms with Gasteiger partial charge in [0.25, 0.3) is 0 Å². The molecule has 0 aliphatic rings. The summed E-state index contributed by atoms with van der Waals surface area (Å²) in [6.07, 6.45) is 0.584. The van der Waals surface area contributed by atoms with Crippen molar-refractivity contribution in [1.29, 1.82) is 0 Å². The summed E-state index contributed by atoms with van der Waals surface area (Å²) in [5.41, 5.74) is -0.793. The smallest absolute Gasteiger partial charge is 0.206 e. The van der Waals surface area contributed by atoms with Gasteiger partial charge in [-0.2, -0.15) is 24.6 Å². The van der Waals surface area contributed by atoms with Crippen LogP contribution in [0.3, 0.4) is 0 Å². The van der Waals surface area contributed by atoms with E-state index in [4.69, 9.17) is 0 Å². The summed E-state index contributed by atoms with van der Waals surface area (Å²) < 4.78 is 12.0. The molecule has 0 spiro atoms. The predicted octanol–water partition coefficient (Wildman–Crippen LogP) is 0.698. The number of hydrogen-bond acceptors (Lipinski definition) is 2. The average Bonchev–Trinajstić information content (AvgIpc) is 2.26. The van der Waals surface area contributed by atoms with Crippen LogP contribution in [-0.2, 0) is 22.4 Å². The number of rotatable bonds is 0. The fourth-order valence-electron chi connectivity index (χ4n) is 0.841. The molecule has 1 radical (unpaired) electrons. The number of benzene rings is 1. The first-order chi connectivity index (χ1) is 7.59. The summed E-state index contributed by atoms with van der Waals surface area (Å²) in [5, 5.41) is 0. The molecule has 1 N–H and O–H groups in total. The van der Waals surface area contributed by atoms with Crippen LogP contribution in [0.25, 0.3) is 0 Å². The summed E-state index contributed by atoms with van der Waals surface area (Å²) in [4.78, 5) is 24.9. The molecular weight excluding hydrogens is 319 g/mol. The normalized spacial score (nSPS) is 8.53. The first-order valence-electron chi connectivity index (χ1n) is 4.38. The Balaban J connectivity index is 0.000000292. The monoisotopic (exact) mass is 327 g/mol. The van der Waals surface area contributed by atoms with Gasteiger partial charge in [-0.05, 0) is 6.20 Å². The van der Waals surface area contributed by atoms with Gasteiger partial charge in [0.1, 0.15) is 0 Å². The molecule has 17 heavy (non-hydrogen) atoms. The van der Waals surface area contributed by atoms with Gasteiger partial charge in [0.2, 0.25) is 5.56 Å².